The molecule has 17 heavy (non-hydrogen) atoms. The Labute approximate surface area is 103 Å². The molecule has 0 unspecified atom stereocenters. The highest BCUT2D eigenvalue weighted by Gasteiger charge is 2.12. The second-order valence-electron chi connectivity index (χ2n) is 3.52. The summed E-state index contributed by atoms with van der Waals surface area (Å²) in [5, 5.41) is 2.79. The Balaban J connectivity index is 2.18. The summed E-state index contributed by atoms with van der Waals surface area (Å²) in [6, 6.07) is 4.90. The highest BCUT2D eigenvalue weighted by atomic mass is 35.5. The van der Waals surface area contributed by atoms with Crippen LogP contribution in [0.4, 0.5) is 5.95 Å². The van der Waals surface area contributed by atoms with Crippen LogP contribution in [0.2, 0.25) is 5.15 Å². The predicted octanol–water partition coefficient (Wildman–Crippen LogP) is 2.59. The molecule has 0 fully saturated rings. The Morgan fingerprint density at radius 2 is 2.12 bits per heavy atom. The standard InChI is InChI=1S/C11H10ClN3O2/c1-6-5-9(12)14-11(13-6)15-10(16)8-4-3-7(2)17-8/h3-5H,1-2H3,(H,13,14,15,16). The van der Waals surface area contributed by atoms with E-state index in [9.17, 15) is 4.79 Å². The maximum atomic E-state index is 11.7. The number of amides is 1. The molecule has 0 aliphatic rings. The van der Waals surface area contributed by atoms with Gasteiger partial charge in [-0.1, -0.05) is 11.6 Å². The molecule has 2 aromatic heterocycles. The second-order valence-corrected chi connectivity index (χ2v) is 3.91. The number of hydrogen-bond acceptors (Lipinski definition) is 4. The van der Waals surface area contributed by atoms with E-state index >= 15 is 0 Å². The van der Waals surface area contributed by atoms with Gasteiger partial charge in [-0.3, -0.25) is 10.1 Å². The summed E-state index contributed by atoms with van der Waals surface area (Å²) in [5.41, 5.74) is 0.677. The topological polar surface area (TPSA) is 68.0 Å². The van der Waals surface area contributed by atoms with Gasteiger partial charge in [-0.15, -0.1) is 0 Å². The number of rotatable bonds is 2. The Morgan fingerprint density at radius 3 is 2.71 bits per heavy atom. The zero-order chi connectivity index (χ0) is 12.4. The van der Waals surface area contributed by atoms with Crippen LogP contribution in [0.15, 0.2) is 22.6 Å². The highest BCUT2D eigenvalue weighted by molar-refractivity contribution is 6.29. The van der Waals surface area contributed by atoms with Gasteiger partial charge in [-0.25, -0.2) is 9.97 Å². The molecular weight excluding hydrogens is 242 g/mol. The van der Waals surface area contributed by atoms with Crippen LogP contribution in [-0.4, -0.2) is 15.9 Å². The number of aryl methyl sites for hydroxylation is 2. The maximum absolute atomic E-state index is 11.7. The number of furan rings is 1. The van der Waals surface area contributed by atoms with Gasteiger partial charge in [-0.2, -0.15) is 0 Å². The second kappa shape index (κ2) is 4.55. The molecule has 0 aliphatic carbocycles. The normalized spacial score (nSPS) is 10.3. The summed E-state index contributed by atoms with van der Waals surface area (Å²) in [6.45, 7) is 3.52. The van der Waals surface area contributed by atoms with Gasteiger partial charge in [0.15, 0.2) is 5.76 Å². The maximum Gasteiger partial charge on any atom is 0.293 e. The van der Waals surface area contributed by atoms with E-state index in [2.05, 4.69) is 15.3 Å². The predicted molar refractivity (Wildman–Crippen MR) is 63.2 cm³/mol. The summed E-state index contributed by atoms with van der Waals surface area (Å²) in [5.74, 6) is 0.635. The molecule has 2 heterocycles. The van der Waals surface area contributed by atoms with Crippen molar-refractivity contribution in [3.8, 4) is 0 Å². The number of nitrogens with one attached hydrogen (secondary N) is 1. The van der Waals surface area contributed by atoms with Crippen LogP contribution < -0.4 is 5.32 Å². The first-order valence-electron chi connectivity index (χ1n) is 4.93. The number of anilines is 1. The Hall–Kier alpha value is -1.88. The van der Waals surface area contributed by atoms with E-state index in [1.807, 2.05) is 0 Å². The lowest BCUT2D eigenvalue weighted by atomic mass is 10.4. The van der Waals surface area contributed by atoms with Crippen LogP contribution >= 0.6 is 11.6 Å². The van der Waals surface area contributed by atoms with E-state index < -0.39 is 5.91 Å². The first kappa shape index (κ1) is 11.6. The third kappa shape index (κ3) is 2.82. The first-order valence-corrected chi connectivity index (χ1v) is 5.31. The molecule has 1 N–H and O–H groups in total. The van der Waals surface area contributed by atoms with E-state index in [1.165, 1.54) is 0 Å². The molecule has 5 nitrogen and oxygen atoms in total. The van der Waals surface area contributed by atoms with Gasteiger partial charge >= 0.3 is 0 Å². The number of hydrogen-bond donors (Lipinski definition) is 1. The molecule has 0 atom stereocenters. The van der Waals surface area contributed by atoms with E-state index in [0.717, 1.165) is 0 Å². The minimum Gasteiger partial charge on any atom is -0.456 e. The summed E-state index contributed by atoms with van der Waals surface area (Å²) in [7, 11) is 0. The molecule has 0 spiro atoms. The molecule has 2 aromatic rings. The minimum absolute atomic E-state index is 0.161. The molecule has 2 rings (SSSR count). The molecule has 0 radical (unpaired) electrons. The van der Waals surface area contributed by atoms with Crippen molar-refractivity contribution in [2.24, 2.45) is 0 Å². The van der Waals surface area contributed by atoms with Crippen molar-refractivity contribution in [3.63, 3.8) is 0 Å². The van der Waals surface area contributed by atoms with Gasteiger partial charge in [0.2, 0.25) is 5.95 Å². The van der Waals surface area contributed by atoms with Crippen molar-refractivity contribution in [2.45, 2.75) is 13.8 Å². The number of carbonyl (C=O) groups excluding carboxylic acids is 1. The average molecular weight is 252 g/mol. The zero-order valence-electron chi connectivity index (χ0n) is 9.32. The van der Waals surface area contributed by atoms with Gasteiger partial charge in [0.25, 0.3) is 5.91 Å². The van der Waals surface area contributed by atoms with Crippen molar-refractivity contribution >= 4 is 23.5 Å². The molecule has 0 saturated carbocycles. The third-order valence-electron chi connectivity index (χ3n) is 2.01. The quantitative estimate of drug-likeness (QED) is 0.833. The van der Waals surface area contributed by atoms with E-state index in [1.54, 1.807) is 32.0 Å². The average Bonchev–Trinajstić information content (AvgIpc) is 2.63. The third-order valence-corrected chi connectivity index (χ3v) is 2.21. The molecule has 88 valence electrons. The fraction of sp³-hybridized carbons (Fsp3) is 0.182. The smallest absolute Gasteiger partial charge is 0.293 e. The molecule has 0 saturated heterocycles. The molecule has 0 bridgehead atoms. The lowest BCUT2D eigenvalue weighted by Crippen LogP contribution is -2.13. The lowest BCUT2D eigenvalue weighted by molar-refractivity contribution is 0.0994. The zero-order valence-corrected chi connectivity index (χ0v) is 10.1. The Kier molecular flexibility index (Phi) is 3.10. The summed E-state index contributed by atoms with van der Waals surface area (Å²) >= 11 is 5.76. The first-order chi connectivity index (χ1) is 8.04. The lowest BCUT2D eigenvalue weighted by Gasteiger charge is -2.02. The Morgan fingerprint density at radius 1 is 1.35 bits per heavy atom. The largest absolute Gasteiger partial charge is 0.456 e. The highest BCUT2D eigenvalue weighted by Crippen LogP contribution is 2.12. The number of aromatic nitrogens is 2. The number of carbonyl (C=O) groups is 1. The van der Waals surface area contributed by atoms with Crippen LogP contribution in [0, 0.1) is 13.8 Å². The summed E-state index contributed by atoms with van der Waals surface area (Å²) in [6.07, 6.45) is 0. The van der Waals surface area contributed by atoms with Crippen molar-refractivity contribution in [3.05, 3.63) is 40.6 Å². The van der Waals surface area contributed by atoms with Crippen LogP contribution in [0.3, 0.4) is 0 Å². The van der Waals surface area contributed by atoms with Crippen LogP contribution in [-0.2, 0) is 0 Å². The van der Waals surface area contributed by atoms with Gasteiger partial charge < -0.3 is 4.42 Å². The summed E-state index contributed by atoms with van der Waals surface area (Å²) in [4.78, 5) is 19.6. The van der Waals surface area contributed by atoms with Crippen molar-refractivity contribution < 1.29 is 9.21 Å². The van der Waals surface area contributed by atoms with Gasteiger partial charge in [0, 0.05) is 5.69 Å². The fourth-order valence-electron chi connectivity index (χ4n) is 1.31. The molecule has 6 heteroatoms. The molecule has 0 aliphatic heterocycles. The van der Waals surface area contributed by atoms with Gasteiger partial charge in [-0.05, 0) is 32.0 Å². The van der Waals surface area contributed by atoms with E-state index in [-0.39, 0.29) is 16.9 Å². The number of nitrogens with zero attached hydrogens (tertiary/aromatic N) is 2. The monoisotopic (exact) mass is 251 g/mol. The van der Waals surface area contributed by atoms with Crippen LogP contribution in [0.1, 0.15) is 22.0 Å². The van der Waals surface area contributed by atoms with Crippen molar-refractivity contribution in [1.82, 2.24) is 9.97 Å². The summed E-state index contributed by atoms with van der Waals surface area (Å²) < 4.78 is 5.18. The number of halogens is 1. The van der Waals surface area contributed by atoms with Crippen LogP contribution in [0.25, 0.3) is 0 Å². The molecule has 0 aromatic carbocycles. The fourth-order valence-corrected chi connectivity index (χ4v) is 1.54. The van der Waals surface area contributed by atoms with Crippen molar-refractivity contribution in [1.29, 1.82) is 0 Å². The SMILES string of the molecule is Cc1cc(Cl)nc(NC(=O)c2ccc(C)o2)n1. The minimum atomic E-state index is -0.403. The van der Waals surface area contributed by atoms with Gasteiger partial charge in [0.05, 0.1) is 0 Å². The van der Waals surface area contributed by atoms with E-state index in [4.69, 9.17) is 16.0 Å². The van der Waals surface area contributed by atoms with Crippen molar-refractivity contribution in [2.75, 3.05) is 5.32 Å². The van der Waals surface area contributed by atoms with Crippen LogP contribution in [0.5, 0.6) is 0 Å². The molecule has 1 amide bonds. The van der Waals surface area contributed by atoms with Gasteiger partial charge in [0.1, 0.15) is 10.9 Å². The molecular formula is C11H10ClN3O2. The van der Waals surface area contributed by atoms with E-state index in [0.29, 0.717) is 11.5 Å². The Bertz CT molecular complexity index is 545.